The second-order valence-corrected chi connectivity index (χ2v) is 2.73. The molecule has 0 aromatic carbocycles. The van der Waals surface area contributed by atoms with Crippen LogP contribution in [0.4, 0.5) is 0 Å². The molecule has 0 heterocycles. The van der Waals surface area contributed by atoms with Crippen LogP contribution in [0.1, 0.15) is 13.8 Å². The Kier molecular flexibility index (Phi) is 3.51. The number of carbonyl (C=O) groups excluding carboxylic acids is 2. The summed E-state index contributed by atoms with van der Waals surface area (Å²) in [5.74, 6) is -1.70. The number of hydrogen-bond acceptors (Lipinski definition) is 5. The van der Waals surface area contributed by atoms with Gasteiger partial charge in [0, 0.05) is 0 Å². The zero-order valence-corrected chi connectivity index (χ0v) is 6.94. The van der Waals surface area contributed by atoms with Crippen molar-refractivity contribution in [3.8, 4) is 0 Å². The topological polar surface area (TPSA) is 94.8 Å². The highest BCUT2D eigenvalue weighted by Gasteiger charge is 2.39. The van der Waals surface area contributed by atoms with E-state index in [1.54, 1.807) is 0 Å². The van der Waals surface area contributed by atoms with Crippen LogP contribution in [-0.2, 0) is 9.59 Å². The van der Waals surface area contributed by atoms with Crippen molar-refractivity contribution in [1.82, 2.24) is 0 Å². The smallest absolute Gasteiger partial charge is 0.189 e. The fourth-order valence-electron chi connectivity index (χ4n) is 0.592. The van der Waals surface area contributed by atoms with Crippen LogP contribution in [0.5, 0.6) is 0 Å². The first kappa shape index (κ1) is 11.2. The lowest BCUT2D eigenvalue weighted by Gasteiger charge is -2.24. The molecule has 0 aromatic heterocycles. The summed E-state index contributed by atoms with van der Waals surface area (Å²) < 4.78 is 0. The number of aliphatic hydroxyl groups is 3. The molecule has 12 heavy (non-hydrogen) atoms. The Bertz CT molecular complexity index is 196. The van der Waals surface area contributed by atoms with Crippen LogP contribution in [0.15, 0.2) is 0 Å². The van der Waals surface area contributed by atoms with Crippen LogP contribution in [0.25, 0.3) is 0 Å². The highest BCUT2D eigenvalue weighted by molar-refractivity contribution is 5.94. The van der Waals surface area contributed by atoms with E-state index >= 15 is 0 Å². The van der Waals surface area contributed by atoms with Gasteiger partial charge in [0.15, 0.2) is 17.2 Å². The molecule has 0 aliphatic heterocycles. The van der Waals surface area contributed by atoms with E-state index in [9.17, 15) is 14.7 Å². The second kappa shape index (κ2) is 3.75. The molecule has 0 fully saturated rings. The third-order valence-corrected chi connectivity index (χ3v) is 1.71. The van der Waals surface area contributed by atoms with Gasteiger partial charge in [0.05, 0.1) is 0 Å². The van der Waals surface area contributed by atoms with Gasteiger partial charge < -0.3 is 15.3 Å². The molecular formula is C7H12O5. The molecule has 70 valence electrons. The van der Waals surface area contributed by atoms with Gasteiger partial charge in [-0.05, 0) is 13.8 Å². The molecule has 0 saturated carbocycles. The molecule has 0 radical (unpaired) electrons. The fourth-order valence-corrected chi connectivity index (χ4v) is 0.592. The molecule has 2 atom stereocenters. The van der Waals surface area contributed by atoms with Gasteiger partial charge >= 0.3 is 0 Å². The Morgan fingerprint density at radius 1 is 1.50 bits per heavy atom. The molecule has 0 bridgehead atoms. The molecule has 2 unspecified atom stereocenters. The highest BCUT2D eigenvalue weighted by atomic mass is 16.4. The third kappa shape index (κ3) is 2.10. The summed E-state index contributed by atoms with van der Waals surface area (Å²) in [5, 5.41) is 26.6. The lowest BCUT2D eigenvalue weighted by atomic mass is 9.92. The number of Topliss-reactive ketones (excluding diaryl/α,β-unsaturated/α-hetero) is 2. The second-order valence-electron chi connectivity index (χ2n) is 2.73. The third-order valence-electron chi connectivity index (χ3n) is 1.71. The Morgan fingerprint density at radius 3 is 2.17 bits per heavy atom. The van der Waals surface area contributed by atoms with Crippen LogP contribution < -0.4 is 0 Å². The molecule has 0 amide bonds. The predicted molar refractivity (Wildman–Crippen MR) is 39.4 cm³/mol. The first-order chi connectivity index (χ1) is 5.34. The van der Waals surface area contributed by atoms with Crippen molar-refractivity contribution in [3.63, 3.8) is 0 Å². The molecule has 0 rings (SSSR count). The summed E-state index contributed by atoms with van der Waals surface area (Å²) in [4.78, 5) is 21.3. The molecule has 0 saturated heterocycles. The van der Waals surface area contributed by atoms with Gasteiger partial charge in [-0.2, -0.15) is 0 Å². The van der Waals surface area contributed by atoms with Crippen LogP contribution in [0, 0.1) is 0 Å². The molecular weight excluding hydrogens is 164 g/mol. The lowest BCUT2D eigenvalue weighted by molar-refractivity contribution is -0.156. The Hall–Kier alpha value is -0.780. The molecule has 3 N–H and O–H groups in total. The quantitative estimate of drug-likeness (QED) is 0.472. The zero-order chi connectivity index (χ0) is 9.94. The number of rotatable bonds is 4. The summed E-state index contributed by atoms with van der Waals surface area (Å²) in [6, 6.07) is 0. The van der Waals surface area contributed by atoms with Gasteiger partial charge in [-0.25, -0.2) is 0 Å². The van der Waals surface area contributed by atoms with Crippen molar-refractivity contribution < 1.29 is 24.9 Å². The van der Waals surface area contributed by atoms with E-state index in [0.29, 0.717) is 0 Å². The summed E-state index contributed by atoms with van der Waals surface area (Å²) in [6.45, 7) is 1.17. The summed E-state index contributed by atoms with van der Waals surface area (Å²) in [7, 11) is 0. The van der Waals surface area contributed by atoms with Crippen molar-refractivity contribution in [2.24, 2.45) is 0 Å². The molecule has 0 aliphatic rings. The lowest BCUT2D eigenvalue weighted by Crippen LogP contribution is -2.50. The van der Waals surface area contributed by atoms with E-state index in [-0.39, 0.29) is 0 Å². The van der Waals surface area contributed by atoms with E-state index in [1.165, 1.54) is 0 Å². The molecule has 0 spiro atoms. The summed E-state index contributed by atoms with van der Waals surface area (Å²) >= 11 is 0. The maximum atomic E-state index is 10.7. The maximum absolute atomic E-state index is 10.7. The van der Waals surface area contributed by atoms with Gasteiger partial charge in [-0.1, -0.05) is 0 Å². The van der Waals surface area contributed by atoms with Crippen molar-refractivity contribution in [2.75, 3.05) is 6.61 Å². The van der Waals surface area contributed by atoms with Gasteiger partial charge in [-0.15, -0.1) is 0 Å². The summed E-state index contributed by atoms with van der Waals surface area (Å²) in [5.41, 5.74) is -2.11. The minimum absolute atomic E-state index is 0.725. The largest absolute Gasteiger partial charge is 0.388 e. The molecule has 0 aromatic rings. The number of hydrogen-bond donors (Lipinski definition) is 3. The van der Waals surface area contributed by atoms with Crippen molar-refractivity contribution >= 4 is 11.6 Å². The zero-order valence-electron chi connectivity index (χ0n) is 6.94. The standard InChI is InChI=1S/C7H12O5/c1-4(9)7(2,12)6(11)5(10)3-8/h6,8,11-12H,3H2,1-2H3. The van der Waals surface area contributed by atoms with Gasteiger partial charge in [0.25, 0.3) is 0 Å². The van der Waals surface area contributed by atoms with Gasteiger partial charge in [0.1, 0.15) is 12.7 Å². The Balaban J connectivity index is 4.56. The van der Waals surface area contributed by atoms with Crippen LogP contribution >= 0.6 is 0 Å². The Labute approximate surface area is 69.6 Å². The molecule has 5 heteroatoms. The average molecular weight is 176 g/mol. The monoisotopic (exact) mass is 176 g/mol. The first-order valence-electron chi connectivity index (χ1n) is 3.39. The predicted octanol–water partition coefficient (Wildman–Crippen LogP) is -1.75. The van der Waals surface area contributed by atoms with E-state index < -0.39 is 29.9 Å². The van der Waals surface area contributed by atoms with Gasteiger partial charge in [-0.3, -0.25) is 9.59 Å². The highest BCUT2D eigenvalue weighted by Crippen LogP contribution is 2.11. The number of carbonyl (C=O) groups is 2. The maximum Gasteiger partial charge on any atom is 0.189 e. The van der Waals surface area contributed by atoms with E-state index in [2.05, 4.69) is 0 Å². The van der Waals surface area contributed by atoms with Crippen LogP contribution in [-0.4, -0.2) is 45.2 Å². The van der Waals surface area contributed by atoms with Gasteiger partial charge in [0.2, 0.25) is 0 Å². The minimum Gasteiger partial charge on any atom is -0.388 e. The van der Waals surface area contributed by atoms with Crippen molar-refractivity contribution in [1.29, 1.82) is 0 Å². The minimum atomic E-state index is -2.11. The van der Waals surface area contributed by atoms with Crippen molar-refractivity contribution in [3.05, 3.63) is 0 Å². The number of aliphatic hydroxyl groups excluding tert-OH is 2. The van der Waals surface area contributed by atoms with Crippen LogP contribution in [0.3, 0.4) is 0 Å². The summed E-state index contributed by atoms with van der Waals surface area (Å²) in [6.07, 6.45) is -1.86. The van der Waals surface area contributed by atoms with E-state index in [4.69, 9.17) is 10.2 Å². The molecule has 0 aliphatic carbocycles. The van der Waals surface area contributed by atoms with E-state index in [0.717, 1.165) is 13.8 Å². The van der Waals surface area contributed by atoms with Crippen LogP contribution in [0.2, 0.25) is 0 Å². The van der Waals surface area contributed by atoms with E-state index in [1.807, 2.05) is 0 Å². The average Bonchev–Trinajstić information content (AvgIpc) is 2.01. The molecule has 5 nitrogen and oxygen atoms in total. The Morgan fingerprint density at radius 2 is 1.92 bits per heavy atom. The fraction of sp³-hybridized carbons (Fsp3) is 0.714. The normalized spacial score (nSPS) is 18.1. The number of ketones is 2. The first-order valence-corrected chi connectivity index (χ1v) is 3.39. The SMILES string of the molecule is CC(=O)C(C)(O)C(O)C(=O)CO. The van der Waals surface area contributed by atoms with Crippen molar-refractivity contribution in [2.45, 2.75) is 25.6 Å².